The van der Waals surface area contributed by atoms with E-state index in [1.165, 1.54) is 6.07 Å². The van der Waals surface area contributed by atoms with Gasteiger partial charge in [-0.25, -0.2) is 9.37 Å². The summed E-state index contributed by atoms with van der Waals surface area (Å²) in [5, 5.41) is 0.353. The normalized spacial score (nSPS) is 17.5. The number of nitrogens with zero attached hydrogens (tertiary/aromatic N) is 4. The summed E-state index contributed by atoms with van der Waals surface area (Å²) < 4.78 is 15.2. The number of nitrogens with two attached hydrogens (primary N) is 1. The van der Waals surface area contributed by atoms with Crippen LogP contribution in [0.3, 0.4) is 0 Å². The third-order valence-corrected chi connectivity index (χ3v) is 5.74. The highest BCUT2D eigenvalue weighted by Gasteiger charge is 2.26. The molecular weight excluding hydrogens is 397 g/mol. The topological polar surface area (TPSA) is 92.4 Å². The van der Waals surface area contributed by atoms with Gasteiger partial charge in [-0.2, -0.15) is 0 Å². The van der Waals surface area contributed by atoms with Crippen LogP contribution in [0.5, 0.6) is 0 Å². The monoisotopic (exact) mass is 421 g/mol. The molecule has 2 amide bonds. The van der Waals surface area contributed by atoms with Gasteiger partial charge in [-0.3, -0.25) is 19.5 Å². The second kappa shape index (κ2) is 8.77. The predicted molar refractivity (Wildman–Crippen MR) is 115 cm³/mol. The maximum absolute atomic E-state index is 15.2. The standard InChI is InChI=1S/C23H24FN5O2/c1-15(30)29-10-9-28(13-18(14-29)16-3-2-8-26-11-16)12-17-4-6-20-19(22(17)24)5-7-21(27-20)23(25)31/h2-8,11,18H,9-10,12-14H2,1H3,(H2,25,31)/t18-/m1/s1. The first-order valence-corrected chi connectivity index (χ1v) is 10.2. The van der Waals surface area contributed by atoms with Gasteiger partial charge in [0.05, 0.1) is 5.52 Å². The first-order chi connectivity index (χ1) is 14.9. The van der Waals surface area contributed by atoms with Crippen LogP contribution in [0, 0.1) is 5.82 Å². The Bertz CT molecular complexity index is 1120. The molecular formula is C23H24FN5O2. The Labute approximate surface area is 179 Å². The van der Waals surface area contributed by atoms with Crippen molar-refractivity contribution >= 4 is 22.7 Å². The summed E-state index contributed by atoms with van der Waals surface area (Å²) in [4.78, 5) is 35.8. The van der Waals surface area contributed by atoms with Crippen LogP contribution in [0.15, 0.2) is 48.8 Å². The molecule has 4 rings (SSSR count). The van der Waals surface area contributed by atoms with E-state index in [0.717, 1.165) is 5.56 Å². The molecule has 1 fully saturated rings. The summed E-state index contributed by atoms with van der Waals surface area (Å²) >= 11 is 0. The van der Waals surface area contributed by atoms with Gasteiger partial charge in [0, 0.05) is 68.9 Å². The van der Waals surface area contributed by atoms with Crippen LogP contribution in [-0.2, 0) is 11.3 Å². The first kappa shape index (κ1) is 20.9. The quantitative estimate of drug-likeness (QED) is 0.698. The van der Waals surface area contributed by atoms with Crippen molar-refractivity contribution in [3.05, 3.63) is 71.4 Å². The molecule has 160 valence electrons. The SMILES string of the molecule is CC(=O)N1CCN(Cc2ccc3nc(C(N)=O)ccc3c2F)C[C@@H](c2cccnc2)C1. The summed E-state index contributed by atoms with van der Waals surface area (Å²) in [5.41, 5.74) is 7.37. The van der Waals surface area contributed by atoms with Crippen molar-refractivity contribution in [2.75, 3.05) is 26.2 Å². The molecule has 1 saturated heterocycles. The van der Waals surface area contributed by atoms with Crippen molar-refractivity contribution in [3.8, 4) is 0 Å². The van der Waals surface area contributed by atoms with E-state index < -0.39 is 5.91 Å². The number of amides is 2. The second-order valence-corrected chi connectivity index (χ2v) is 7.85. The number of hydrogen-bond donors (Lipinski definition) is 1. The van der Waals surface area contributed by atoms with E-state index in [-0.39, 0.29) is 23.3 Å². The van der Waals surface area contributed by atoms with Gasteiger partial charge in [-0.05, 0) is 29.8 Å². The number of fused-ring (bicyclic) bond motifs is 1. The number of hydrogen-bond acceptors (Lipinski definition) is 5. The molecule has 1 aliphatic heterocycles. The molecule has 8 heteroatoms. The van der Waals surface area contributed by atoms with E-state index >= 15 is 4.39 Å². The number of benzene rings is 1. The lowest BCUT2D eigenvalue weighted by molar-refractivity contribution is -0.128. The van der Waals surface area contributed by atoms with Crippen LogP contribution >= 0.6 is 0 Å². The fraction of sp³-hybridized carbons (Fsp3) is 0.304. The largest absolute Gasteiger partial charge is 0.364 e. The minimum Gasteiger partial charge on any atom is -0.364 e. The van der Waals surface area contributed by atoms with Gasteiger partial charge in [0.1, 0.15) is 11.5 Å². The van der Waals surface area contributed by atoms with Gasteiger partial charge in [-0.15, -0.1) is 0 Å². The number of aromatic nitrogens is 2. The van der Waals surface area contributed by atoms with Crippen LogP contribution in [0.2, 0.25) is 0 Å². The van der Waals surface area contributed by atoms with Crippen molar-refractivity contribution in [1.82, 2.24) is 19.8 Å². The summed E-state index contributed by atoms with van der Waals surface area (Å²) in [6.45, 7) is 4.51. The molecule has 0 saturated carbocycles. The lowest BCUT2D eigenvalue weighted by Crippen LogP contribution is -2.34. The van der Waals surface area contributed by atoms with Crippen LogP contribution in [0.4, 0.5) is 4.39 Å². The summed E-state index contributed by atoms with van der Waals surface area (Å²) in [6, 6.07) is 10.3. The number of rotatable bonds is 4. The number of carbonyl (C=O) groups excluding carboxylic acids is 2. The molecule has 1 aromatic carbocycles. The third kappa shape index (κ3) is 4.54. The first-order valence-electron chi connectivity index (χ1n) is 10.2. The highest BCUT2D eigenvalue weighted by Crippen LogP contribution is 2.25. The maximum Gasteiger partial charge on any atom is 0.267 e. The number of pyridine rings is 2. The summed E-state index contributed by atoms with van der Waals surface area (Å²) in [5.74, 6) is -0.883. The van der Waals surface area contributed by atoms with E-state index in [9.17, 15) is 9.59 Å². The summed E-state index contributed by atoms with van der Waals surface area (Å²) in [7, 11) is 0. The Balaban J connectivity index is 1.60. The van der Waals surface area contributed by atoms with Gasteiger partial charge < -0.3 is 10.6 Å². The van der Waals surface area contributed by atoms with Crippen molar-refractivity contribution in [3.63, 3.8) is 0 Å². The smallest absolute Gasteiger partial charge is 0.267 e. The minimum atomic E-state index is -0.646. The Morgan fingerprint density at radius 1 is 1.16 bits per heavy atom. The molecule has 7 nitrogen and oxygen atoms in total. The van der Waals surface area contributed by atoms with Crippen LogP contribution in [0.1, 0.15) is 34.5 Å². The van der Waals surface area contributed by atoms with E-state index in [0.29, 0.717) is 49.2 Å². The van der Waals surface area contributed by atoms with E-state index in [2.05, 4.69) is 14.9 Å². The fourth-order valence-electron chi connectivity index (χ4n) is 4.05. The Morgan fingerprint density at radius 2 is 2.00 bits per heavy atom. The van der Waals surface area contributed by atoms with Crippen molar-refractivity contribution in [2.45, 2.75) is 19.4 Å². The Hall–Kier alpha value is -3.39. The predicted octanol–water partition coefficient (Wildman–Crippen LogP) is 2.32. The lowest BCUT2D eigenvalue weighted by Gasteiger charge is -2.24. The fourth-order valence-corrected chi connectivity index (χ4v) is 4.05. The zero-order chi connectivity index (χ0) is 22.0. The maximum atomic E-state index is 15.2. The summed E-state index contributed by atoms with van der Waals surface area (Å²) in [6.07, 6.45) is 3.55. The highest BCUT2D eigenvalue weighted by atomic mass is 19.1. The van der Waals surface area contributed by atoms with Gasteiger partial charge in [0.15, 0.2) is 0 Å². The molecule has 2 N–H and O–H groups in total. The van der Waals surface area contributed by atoms with Crippen LogP contribution < -0.4 is 5.73 Å². The minimum absolute atomic E-state index is 0.0314. The Morgan fingerprint density at radius 3 is 2.71 bits per heavy atom. The van der Waals surface area contributed by atoms with Crippen LogP contribution in [0.25, 0.3) is 10.9 Å². The molecule has 31 heavy (non-hydrogen) atoms. The number of primary amides is 1. The Kier molecular flexibility index (Phi) is 5.90. The lowest BCUT2D eigenvalue weighted by atomic mass is 9.99. The highest BCUT2D eigenvalue weighted by molar-refractivity contribution is 5.93. The average Bonchev–Trinajstić information content (AvgIpc) is 2.99. The van der Waals surface area contributed by atoms with Gasteiger partial charge >= 0.3 is 0 Å². The van der Waals surface area contributed by atoms with Crippen molar-refractivity contribution < 1.29 is 14.0 Å². The molecule has 0 unspecified atom stereocenters. The molecule has 1 atom stereocenters. The molecule has 0 spiro atoms. The second-order valence-electron chi connectivity index (χ2n) is 7.85. The van der Waals surface area contributed by atoms with E-state index in [1.54, 1.807) is 31.3 Å². The average molecular weight is 421 g/mol. The van der Waals surface area contributed by atoms with Gasteiger partial charge in [0.25, 0.3) is 5.91 Å². The number of halogens is 1. The molecule has 3 heterocycles. The van der Waals surface area contributed by atoms with Crippen molar-refractivity contribution in [2.24, 2.45) is 5.73 Å². The molecule has 1 aliphatic rings. The van der Waals surface area contributed by atoms with Gasteiger partial charge in [0.2, 0.25) is 5.91 Å². The molecule has 3 aromatic rings. The van der Waals surface area contributed by atoms with E-state index in [1.807, 2.05) is 23.2 Å². The third-order valence-electron chi connectivity index (χ3n) is 5.74. The molecule has 2 aromatic heterocycles. The molecule has 0 bridgehead atoms. The van der Waals surface area contributed by atoms with Crippen molar-refractivity contribution in [1.29, 1.82) is 0 Å². The zero-order valence-corrected chi connectivity index (χ0v) is 17.3. The number of carbonyl (C=O) groups is 2. The van der Waals surface area contributed by atoms with Gasteiger partial charge in [-0.1, -0.05) is 12.1 Å². The van der Waals surface area contributed by atoms with Crippen LogP contribution in [-0.4, -0.2) is 57.8 Å². The van der Waals surface area contributed by atoms with E-state index in [4.69, 9.17) is 5.73 Å². The molecule has 0 radical (unpaired) electrons. The zero-order valence-electron chi connectivity index (χ0n) is 17.3. The molecule has 0 aliphatic carbocycles.